The SMILES string of the molecule is O=C(/C=C/c1ccccc1)N1C[C@@H]2OCC(=O)N(C3CCOCC3)[C@H]2C1. The number of fused-ring (bicyclic) bond motifs is 1. The molecule has 0 unspecified atom stereocenters. The van der Waals surface area contributed by atoms with E-state index < -0.39 is 0 Å². The fraction of sp³-hybridized carbons (Fsp3) is 0.500. The van der Waals surface area contributed by atoms with E-state index in [0.29, 0.717) is 26.3 Å². The Bertz CT molecular complexity index is 684. The summed E-state index contributed by atoms with van der Waals surface area (Å²) in [6.45, 7) is 2.56. The van der Waals surface area contributed by atoms with Crippen LogP contribution in [0.2, 0.25) is 0 Å². The number of nitrogens with zero attached hydrogens (tertiary/aromatic N) is 2. The standard InChI is InChI=1S/C20H24N2O4/c23-19(7-6-15-4-2-1-3-5-15)21-12-17-18(13-21)26-14-20(24)22(17)16-8-10-25-11-9-16/h1-7,16-18H,8-14H2/b7-6+/t17-,18-/m0/s1. The van der Waals surface area contributed by atoms with Crippen molar-refractivity contribution in [2.75, 3.05) is 32.9 Å². The molecule has 3 saturated heterocycles. The molecular formula is C20H24N2O4. The lowest BCUT2D eigenvalue weighted by atomic mass is 10.0. The Morgan fingerprint density at radius 2 is 1.88 bits per heavy atom. The third-order valence-electron chi connectivity index (χ3n) is 5.42. The molecule has 0 spiro atoms. The van der Waals surface area contributed by atoms with Crippen LogP contribution in [0.4, 0.5) is 0 Å². The number of amides is 2. The first-order valence-electron chi connectivity index (χ1n) is 9.25. The molecule has 2 amide bonds. The highest BCUT2D eigenvalue weighted by molar-refractivity contribution is 5.92. The maximum Gasteiger partial charge on any atom is 0.249 e. The largest absolute Gasteiger partial charge is 0.381 e. The van der Waals surface area contributed by atoms with E-state index in [0.717, 1.165) is 18.4 Å². The van der Waals surface area contributed by atoms with E-state index in [-0.39, 0.29) is 36.6 Å². The zero-order valence-corrected chi connectivity index (χ0v) is 14.8. The van der Waals surface area contributed by atoms with Gasteiger partial charge in [0.15, 0.2) is 0 Å². The molecule has 26 heavy (non-hydrogen) atoms. The van der Waals surface area contributed by atoms with E-state index in [1.807, 2.05) is 41.3 Å². The van der Waals surface area contributed by atoms with Crippen LogP contribution in [0, 0.1) is 0 Å². The number of hydrogen-bond acceptors (Lipinski definition) is 4. The summed E-state index contributed by atoms with van der Waals surface area (Å²) in [4.78, 5) is 28.8. The van der Waals surface area contributed by atoms with Crippen LogP contribution in [-0.2, 0) is 19.1 Å². The third-order valence-corrected chi connectivity index (χ3v) is 5.42. The van der Waals surface area contributed by atoms with Crippen molar-refractivity contribution < 1.29 is 19.1 Å². The highest BCUT2D eigenvalue weighted by Crippen LogP contribution is 2.28. The second-order valence-electron chi connectivity index (χ2n) is 7.05. The van der Waals surface area contributed by atoms with E-state index in [1.165, 1.54) is 0 Å². The molecule has 0 aromatic heterocycles. The minimum atomic E-state index is -0.0929. The van der Waals surface area contributed by atoms with Gasteiger partial charge in [-0.3, -0.25) is 9.59 Å². The summed E-state index contributed by atoms with van der Waals surface area (Å²) >= 11 is 0. The number of ether oxygens (including phenoxy) is 2. The Kier molecular flexibility index (Phi) is 5.04. The fourth-order valence-electron chi connectivity index (χ4n) is 4.08. The second-order valence-corrected chi connectivity index (χ2v) is 7.05. The number of hydrogen-bond donors (Lipinski definition) is 0. The van der Waals surface area contributed by atoms with Crippen LogP contribution in [0.15, 0.2) is 36.4 Å². The fourth-order valence-corrected chi connectivity index (χ4v) is 4.08. The van der Waals surface area contributed by atoms with Gasteiger partial charge in [0.1, 0.15) is 6.61 Å². The van der Waals surface area contributed by atoms with Gasteiger partial charge >= 0.3 is 0 Å². The Morgan fingerprint density at radius 3 is 2.65 bits per heavy atom. The molecule has 0 radical (unpaired) electrons. The summed E-state index contributed by atoms with van der Waals surface area (Å²) in [5.41, 5.74) is 0.993. The molecular weight excluding hydrogens is 332 g/mol. The molecule has 138 valence electrons. The number of rotatable bonds is 3. The van der Waals surface area contributed by atoms with Crippen molar-refractivity contribution in [1.29, 1.82) is 0 Å². The minimum absolute atomic E-state index is 0.0345. The predicted octanol–water partition coefficient (Wildman–Crippen LogP) is 1.32. The summed E-state index contributed by atoms with van der Waals surface area (Å²) in [5, 5.41) is 0. The Balaban J connectivity index is 1.44. The normalized spacial score (nSPS) is 27.2. The molecule has 3 fully saturated rings. The molecule has 1 aromatic carbocycles. The lowest BCUT2D eigenvalue weighted by Crippen LogP contribution is -2.58. The zero-order valence-electron chi connectivity index (χ0n) is 14.8. The molecule has 0 N–H and O–H groups in total. The molecule has 6 nitrogen and oxygen atoms in total. The van der Waals surface area contributed by atoms with E-state index in [4.69, 9.17) is 9.47 Å². The summed E-state index contributed by atoms with van der Waals surface area (Å²) in [6.07, 6.45) is 5.05. The molecule has 0 saturated carbocycles. The van der Waals surface area contributed by atoms with E-state index >= 15 is 0 Å². The van der Waals surface area contributed by atoms with Crippen LogP contribution < -0.4 is 0 Å². The lowest BCUT2D eigenvalue weighted by Gasteiger charge is -2.43. The molecule has 6 heteroatoms. The third kappa shape index (κ3) is 3.52. The summed E-state index contributed by atoms with van der Waals surface area (Å²) in [6, 6.07) is 9.91. The van der Waals surface area contributed by atoms with Crippen molar-refractivity contribution in [3.05, 3.63) is 42.0 Å². The van der Waals surface area contributed by atoms with Crippen molar-refractivity contribution in [2.24, 2.45) is 0 Å². The monoisotopic (exact) mass is 356 g/mol. The maximum atomic E-state index is 12.6. The molecule has 0 bridgehead atoms. The number of morpholine rings is 1. The Morgan fingerprint density at radius 1 is 1.12 bits per heavy atom. The van der Waals surface area contributed by atoms with Gasteiger partial charge in [0, 0.05) is 38.4 Å². The van der Waals surface area contributed by atoms with Gasteiger partial charge in [-0.2, -0.15) is 0 Å². The van der Waals surface area contributed by atoms with E-state index in [9.17, 15) is 9.59 Å². The van der Waals surface area contributed by atoms with Crippen LogP contribution in [0.3, 0.4) is 0 Å². The van der Waals surface area contributed by atoms with Gasteiger partial charge in [-0.15, -0.1) is 0 Å². The first kappa shape index (κ1) is 17.2. The molecule has 4 rings (SSSR count). The molecule has 0 aliphatic carbocycles. The van der Waals surface area contributed by atoms with Gasteiger partial charge in [0.2, 0.25) is 11.8 Å². The summed E-state index contributed by atoms with van der Waals surface area (Å²) in [5.74, 6) is -0.00138. The first-order chi connectivity index (χ1) is 12.7. The number of likely N-dealkylation sites (tertiary alicyclic amines) is 1. The molecule has 3 aliphatic heterocycles. The molecule has 3 heterocycles. The van der Waals surface area contributed by atoms with Crippen LogP contribution in [0.1, 0.15) is 18.4 Å². The van der Waals surface area contributed by atoms with E-state index in [2.05, 4.69) is 0 Å². The van der Waals surface area contributed by atoms with Gasteiger partial charge in [-0.05, 0) is 24.5 Å². The van der Waals surface area contributed by atoms with Crippen LogP contribution in [0.25, 0.3) is 6.08 Å². The van der Waals surface area contributed by atoms with Crippen molar-refractivity contribution in [1.82, 2.24) is 9.80 Å². The average Bonchev–Trinajstić information content (AvgIpc) is 3.12. The number of carbonyl (C=O) groups is 2. The van der Waals surface area contributed by atoms with Crippen LogP contribution in [0.5, 0.6) is 0 Å². The van der Waals surface area contributed by atoms with Crippen molar-refractivity contribution >= 4 is 17.9 Å². The Labute approximate surface area is 153 Å². The highest BCUT2D eigenvalue weighted by Gasteiger charge is 2.46. The number of benzene rings is 1. The van der Waals surface area contributed by atoms with Gasteiger partial charge in [0.25, 0.3) is 0 Å². The highest BCUT2D eigenvalue weighted by atomic mass is 16.5. The second kappa shape index (κ2) is 7.60. The van der Waals surface area contributed by atoms with Crippen molar-refractivity contribution in [2.45, 2.75) is 31.0 Å². The van der Waals surface area contributed by atoms with Gasteiger partial charge < -0.3 is 19.3 Å². The van der Waals surface area contributed by atoms with E-state index in [1.54, 1.807) is 11.0 Å². The summed E-state index contributed by atoms with van der Waals surface area (Å²) < 4.78 is 11.2. The average molecular weight is 356 g/mol. The zero-order chi connectivity index (χ0) is 17.9. The summed E-state index contributed by atoms with van der Waals surface area (Å²) in [7, 11) is 0. The van der Waals surface area contributed by atoms with Gasteiger partial charge in [-0.1, -0.05) is 30.3 Å². The molecule has 2 atom stereocenters. The maximum absolute atomic E-state index is 12.6. The van der Waals surface area contributed by atoms with Crippen molar-refractivity contribution in [3.8, 4) is 0 Å². The van der Waals surface area contributed by atoms with Crippen LogP contribution in [-0.4, -0.2) is 72.7 Å². The smallest absolute Gasteiger partial charge is 0.249 e. The quantitative estimate of drug-likeness (QED) is 0.767. The van der Waals surface area contributed by atoms with Crippen LogP contribution >= 0.6 is 0 Å². The predicted molar refractivity (Wildman–Crippen MR) is 96.3 cm³/mol. The topological polar surface area (TPSA) is 59.1 Å². The number of carbonyl (C=O) groups excluding carboxylic acids is 2. The van der Waals surface area contributed by atoms with Gasteiger partial charge in [-0.25, -0.2) is 0 Å². The van der Waals surface area contributed by atoms with Gasteiger partial charge in [0.05, 0.1) is 12.1 Å². The van der Waals surface area contributed by atoms with Crippen molar-refractivity contribution in [3.63, 3.8) is 0 Å². The minimum Gasteiger partial charge on any atom is -0.381 e. The first-order valence-corrected chi connectivity index (χ1v) is 9.25. The lowest BCUT2D eigenvalue weighted by molar-refractivity contribution is -0.159. The molecule has 3 aliphatic rings. The Hall–Kier alpha value is -2.18. The molecule has 1 aromatic rings.